The lowest BCUT2D eigenvalue weighted by Gasteiger charge is -2.19. The van der Waals surface area contributed by atoms with E-state index < -0.39 is 16.4 Å². The fourth-order valence-electron chi connectivity index (χ4n) is 2.25. The van der Waals surface area contributed by atoms with Gasteiger partial charge in [0.15, 0.2) is 5.75 Å². The Morgan fingerprint density at radius 3 is 2.58 bits per heavy atom. The first-order valence-corrected chi connectivity index (χ1v) is 7.51. The number of carbonyl (C=O) groups is 1. The van der Waals surface area contributed by atoms with Crippen LogP contribution in [-0.2, 0) is 0 Å². The van der Waals surface area contributed by atoms with Crippen LogP contribution < -0.4 is 10.2 Å². The van der Waals surface area contributed by atoms with Crippen molar-refractivity contribution in [3.8, 4) is 5.75 Å². The topological polar surface area (TPSA) is 95.7 Å². The largest absolute Gasteiger partial charge is 0.502 e. The molecule has 0 saturated carbocycles. The second-order valence-corrected chi connectivity index (χ2v) is 5.33. The number of phenols is 1. The molecule has 0 aromatic heterocycles. The summed E-state index contributed by atoms with van der Waals surface area (Å²) in [6, 6.07) is 13.5. The maximum atomic E-state index is 12.0. The Hall–Kier alpha value is -3.09. The molecule has 24 heavy (non-hydrogen) atoms. The number of phenolic OH excluding ortho intramolecular Hbond substituents is 1. The summed E-state index contributed by atoms with van der Waals surface area (Å²) >= 11 is 0. The molecular weight excluding hydrogens is 310 g/mol. The van der Waals surface area contributed by atoms with Crippen LogP contribution in [0.1, 0.15) is 16.8 Å². The van der Waals surface area contributed by atoms with Crippen molar-refractivity contribution in [2.24, 2.45) is 0 Å². The van der Waals surface area contributed by atoms with Gasteiger partial charge in [0.25, 0.3) is 5.91 Å². The summed E-state index contributed by atoms with van der Waals surface area (Å²) in [5.74, 6) is -0.890. The third kappa shape index (κ3) is 4.45. The van der Waals surface area contributed by atoms with E-state index in [0.29, 0.717) is 6.54 Å². The molecular formula is C17H19N3O4. The first kappa shape index (κ1) is 17.3. The third-order valence-corrected chi connectivity index (χ3v) is 3.59. The third-order valence-electron chi connectivity index (χ3n) is 3.59. The van der Waals surface area contributed by atoms with Gasteiger partial charge in [0.2, 0.25) is 0 Å². The van der Waals surface area contributed by atoms with E-state index in [1.807, 2.05) is 37.4 Å². The minimum atomic E-state index is -0.698. The number of nitro benzene ring substituents is 1. The minimum Gasteiger partial charge on any atom is -0.502 e. The molecule has 0 atom stereocenters. The Morgan fingerprint density at radius 1 is 1.25 bits per heavy atom. The van der Waals surface area contributed by atoms with Crippen molar-refractivity contribution in [2.75, 3.05) is 25.0 Å². The van der Waals surface area contributed by atoms with Crippen molar-refractivity contribution in [1.29, 1.82) is 0 Å². The molecule has 0 radical (unpaired) electrons. The summed E-state index contributed by atoms with van der Waals surface area (Å²) in [5, 5.41) is 22.9. The summed E-state index contributed by atoms with van der Waals surface area (Å²) in [5.41, 5.74) is 0.870. The fourth-order valence-corrected chi connectivity index (χ4v) is 2.25. The van der Waals surface area contributed by atoms with Crippen LogP contribution in [0.5, 0.6) is 5.75 Å². The highest BCUT2D eigenvalue weighted by Crippen LogP contribution is 2.26. The molecule has 2 aromatic rings. The summed E-state index contributed by atoms with van der Waals surface area (Å²) < 4.78 is 0. The van der Waals surface area contributed by atoms with Gasteiger partial charge in [-0.25, -0.2) is 0 Å². The molecule has 1 amide bonds. The average molecular weight is 329 g/mol. The van der Waals surface area contributed by atoms with Crippen LogP contribution in [-0.4, -0.2) is 36.1 Å². The lowest BCUT2D eigenvalue weighted by molar-refractivity contribution is -0.385. The lowest BCUT2D eigenvalue weighted by Crippen LogP contribution is -2.28. The van der Waals surface area contributed by atoms with E-state index in [4.69, 9.17) is 0 Å². The van der Waals surface area contributed by atoms with Gasteiger partial charge in [-0.05, 0) is 30.7 Å². The Balaban J connectivity index is 1.81. The van der Waals surface area contributed by atoms with Crippen LogP contribution in [0.15, 0.2) is 48.5 Å². The fraction of sp³-hybridized carbons (Fsp3) is 0.235. The molecule has 0 fully saturated rings. The van der Waals surface area contributed by atoms with Crippen LogP contribution in [0.3, 0.4) is 0 Å². The van der Waals surface area contributed by atoms with Crippen LogP contribution in [0.25, 0.3) is 0 Å². The van der Waals surface area contributed by atoms with Gasteiger partial charge in [-0.2, -0.15) is 0 Å². The van der Waals surface area contributed by atoms with E-state index in [0.717, 1.165) is 30.8 Å². The summed E-state index contributed by atoms with van der Waals surface area (Å²) in [6.07, 6.45) is 0.746. The number of nitrogens with one attached hydrogen (secondary N) is 1. The van der Waals surface area contributed by atoms with Gasteiger partial charge in [-0.1, -0.05) is 18.2 Å². The highest BCUT2D eigenvalue weighted by Gasteiger charge is 2.15. The lowest BCUT2D eigenvalue weighted by atomic mass is 10.1. The molecule has 2 N–H and O–H groups in total. The molecule has 126 valence electrons. The molecule has 0 unspecified atom stereocenters. The summed E-state index contributed by atoms with van der Waals surface area (Å²) in [4.78, 5) is 24.0. The summed E-state index contributed by atoms with van der Waals surface area (Å²) in [6.45, 7) is 1.24. The van der Waals surface area contributed by atoms with Gasteiger partial charge < -0.3 is 15.3 Å². The number of carbonyl (C=O) groups excluding carboxylic acids is 1. The van der Waals surface area contributed by atoms with Crippen molar-refractivity contribution in [3.63, 3.8) is 0 Å². The zero-order chi connectivity index (χ0) is 17.5. The molecule has 7 heteroatoms. The molecule has 0 saturated heterocycles. The molecule has 0 bridgehead atoms. The number of anilines is 1. The van der Waals surface area contributed by atoms with E-state index in [2.05, 4.69) is 10.2 Å². The number of aromatic hydroxyl groups is 1. The Bertz CT molecular complexity index is 719. The Morgan fingerprint density at radius 2 is 1.96 bits per heavy atom. The van der Waals surface area contributed by atoms with Crippen LogP contribution >= 0.6 is 0 Å². The van der Waals surface area contributed by atoms with E-state index in [9.17, 15) is 20.0 Å². The molecule has 0 heterocycles. The van der Waals surface area contributed by atoms with Crippen molar-refractivity contribution in [1.82, 2.24) is 5.32 Å². The second-order valence-electron chi connectivity index (χ2n) is 5.33. The first-order chi connectivity index (χ1) is 11.5. The maximum absolute atomic E-state index is 12.0. The highest BCUT2D eigenvalue weighted by atomic mass is 16.6. The van der Waals surface area contributed by atoms with E-state index in [1.165, 1.54) is 6.07 Å². The van der Waals surface area contributed by atoms with Gasteiger partial charge in [0.05, 0.1) is 4.92 Å². The monoisotopic (exact) mass is 329 g/mol. The zero-order valence-corrected chi connectivity index (χ0v) is 13.3. The van der Waals surface area contributed by atoms with Crippen molar-refractivity contribution >= 4 is 17.3 Å². The Kier molecular flexibility index (Phi) is 5.73. The standard InChI is InChI=1S/C17H19N3O4/c1-19(14-6-3-2-4-7-14)11-5-10-18-17(22)13-8-9-15(20(23)24)16(21)12-13/h2-4,6-9,12,21H,5,10-11H2,1H3,(H,18,22). The number of nitro groups is 1. The van der Waals surface area contributed by atoms with Crippen LogP contribution in [0, 0.1) is 10.1 Å². The molecule has 2 aromatic carbocycles. The van der Waals surface area contributed by atoms with Gasteiger partial charge in [-0.3, -0.25) is 14.9 Å². The SMILES string of the molecule is CN(CCCNC(=O)c1ccc([N+](=O)[O-])c(O)c1)c1ccccc1. The zero-order valence-electron chi connectivity index (χ0n) is 13.3. The predicted molar refractivity (Wildman–Crippen MR) is 91.4 cm³/mol. The van der Waals surface area contributed by atoms with Crippen LogP contribution in [0.2, 0.25) is 0 Å². The number of amides is 1. The smallest absolute Gasteiger partial charge is 0.310 e. The number of hydrogen-bond acceptors (Lipinski definition) is 5. The van der Waals surface area contributed by atoms with Crippen LogP contribution in [0.4, 0.5) is 11.4 Å². The number of para-hydroxylation sites is 1. The molecule has 0 aliphatic carbocycles. The molecule has 2 rings (SSSR count). The van der Waals surface area contributed by atoms with E-state index in [1.54, 1.807) is 0 Å². The molecule has 0 aliphatic rings. The number of hydrogen-bond donors (Lipinski definition) is 2. The minimum absolute atomic E-state index is 0.189. The van der Waals surface area contributed by atoms with Crippen molar-refractivity contribution in [2.45, 2.75) is 6.42 Å². The van der Waals surface area contributed by atoms with Gasteiger partial charge in [-0.15, -0.1) is 0 Å². The quantitative estimate of drug-likeness (QED) is 0.462. The van der Waals surface area contributed by atoms with Gasteiger partial charge in [0.1, 0.15) is 0 Å². The predicted octanol–water partition coefficient (Wildman–Crippen LogP) is 2.56. The normalized spacial score (nSPS) is 10.2. The van der Waals surface area contributed by atoms with E-state index >= 15 is 0 Å². The van der Waals surface area contributed by atoms with E-state index in [-0.39, 0.29) is 11.5 Å². The average Bonchev–Trinajstić information content (AvgIpc) is 2.58. The number of rotatable bonds is 7. The number of nitrogens with zero attached hydrogens (tertiary/aromatic N) is 2. The van der Waals surface area contributed by atoms with Crippen molar-refractivity contribution < 1.29 is 14.8 Å². The highest BCUT2D eigenvalue weighted by molar-refractivity contribution is 5.95. The Labute approximate surface area is 139 Å². The summed E-state index contributed by atoms with van der Waals surface area (Å²) in [7, 11) is 1.98. The van der Waals surface area contributed by atoms with Gasteiger partial charge >= 0.3 is 5.69 Å². The molecule has 0 spiro atoms. The van der Waals surface area contributed by atoms with Gasteiger partial charge in [0, 0.05) is 37.5 Å². The number of benzene rings is 2. The molecule has 0 aliphatic heterocycles. The molecule has 7 nitrogen and oxygen atoms in total. The second kappa shape index (κ2) is 7.96. The maximum Gasteiger partial charge on any atom is 0.310 e. The van der Waals surface area contributed by atoms with Crippen molar-refractivity contribution in [3.05, 3.63) is 64.2 Å². The first-order valence-electron chi connectivity index (χ1n) is 7.51.